The molecular weight excluding hydrogens is 352 g/mol. The highest BCUT2D eigenvalue weighted by molar-refractivity contribution is 5.94. The van der Waals surface area contributed by atoms with E-state index in [1.165, 1.54) is 5.56 Å². The van der Waals surface area contributed by atoms with Crippen LogP contribution in [0.15, 0.2) is 24.3 Å². The number of benzene rings is 1. The van der Waals surface area contributed by atoms with E-state index in [2.05, 4.69) is 29.5 Å². The third-order valence-electron chi connectivity index (χ3n) is 5.39. The van der Waals surface area contributed by atoms with E-state index in [4.69, 9.17) is 0 Å². The van der Waals surface area contributed by atoms with Crippen molar-refractivity contribution in [3.63, 3.8) is 0 Å². The molecule has 0 saturated carbocycles. The zero-order valence-electron chi connectivity index (χ0n) is 17.1. The second-order valence-corrected chi connectivity index (χ2v) is 7.30. The van der Waals surface area contributed by atoms with Crippen LogP contribution < -0.4 is 5.32 Å². The molecule has 0 atom stereocenters. The average molecular weight is 383 g/mol. The Morgan fingerprint density at radius 2 is 1.86 bits per heavy atom. The van der Waals surface area contributed by atoms with Gasteiger partial charge in [-0.3, -0.25) is 9.59 Å². The molecule has 28 heavy (non-hydrogen) atoms. The zero-order chi connectivity index (χ0) is 20.1. The van der Waals surface area contributed by atoms with Crippen LogP contribution in [0.5, 0.6) is 0 Å². The lowest BCUT2D eigenvalue weighted by atomic mass is 10.2. The number of nitrogens with one attached hydrogen (secondary N) is 1. The first-order valence-electron chi connectivity index (χ1n) is 10.3. The van der Waals surface area contributed by atoms with E-state index in [1.54, 1.807) is 0 Å². The van der Waals surface area contributed by atoms with Crippen LogP contribution in [0.1, 0.15) is 60.4 Å². The van der Waals surface area contributed by atoms with Crippen molar-refractivity contribution >= 4 is 11.8 Å². The molecule has 1 aliphatic rings. The third kappa shape index (κ3) is 4.26. The Labute approximate surface area is 166 Å². The van der Waals surface area contributed by atoms with Gasteiger partial charge < -0.3 is 10.2 Å². The van der Waals surface area contributed by atoms with Crippen molar-refractivity contribution < 1.29 is 9.59 Å². The van der Waals surface area contributed by atoms with Gasteiger partial charge in [0.1, 0.15) is 0 Å². The first kappa shape index (κ1) is 20.1. The quantitative estimate of drug-likeness (QED) is 0.714. The topological polar surface area (TPSA) is 67.2 Å². The Morgan fingerprint density at radius 3 is 2.54 bits per heavy atom. The molecule has 0 radical (unpaired) electrons. The lowest BCUT2D eigenvalue weighted by Crippen LogP contribution is -2.31. The lowest BCUT2D eigenvalue weighted by Gasteiger charge is -2.18. The molecule has 6 nitrogen and oxygen atoms in total. The van der Waals surface area contributed by atoms with E-state index in [0.717, 1.165) is 49.3 Å². The summed E-state index contributed by atoms with van der Waals surface area (Å²) in [5.74, 6) is 0.00286. The number of aromatic nitrogens is 2. The lowest BCUT2D eigenvalue weighted by molar-refractivity contribution is -0.130. The molecule has 0 aliphatic heterocycles. The summed E-state index contributed by atoms with van der Waals surface area (Å²) in [5, 5.41) is 7.58. The van der Waals surface area contributed by atoms with Gasteiger partial charge in [-0.05, 0) is 58.6 Å². The molecule has 2 aromatic rings. The molecule has 0 spiro atoms. The van der Waals surface area contributed by atoms with E-state index < -0.39 is 0 Å². The number of hydrogen-bond acceptors (Lipinski definition) is 3. The molecule has 3 rings (SSSR count). The number of carbonyl (C=O) groups excluding carboxylic acids is 2. The Morgan fingerprint density at radius 1 is 1.14 bits per heavy atom. The van der Waals surface area contributed by atoms with Crippen LogP contribution in [0.4, 0.5) is 0 Å². The number of fused-ring (bicyclic) bond motifs is 1. The minimum atomic E-state index is -0.140. The highest BCUT2D eigenvalue weighted by Crippen LogP contribution is 2.27. The van der Waals surface area contributed by atoms with Gasteiger partial charge in [0.15, 0.2) is 5.69 Å². The summed E-state index contributed by atoms with van der Waals surface area (Å²) < 4.78 is 1.92. The molecular formula is C22H30N4O2. The van der Waals surface area contributed by atoms with Crippen LogP contribution in [-0.2, 0) is 17.6 Å². The predicted octanol–water partition coefficient (Wildman–Crippen LogP) is 3.05. The number of hydrogen-bond donors (Lipinski definition) is 1. The van der Waals surface area contributed by atoms with Gasteiger partial charge in [-0.25, -0.2) is 4.68 Å². The zero-order valence-corrected chi connectivity index (χ0v) is 17.1. The van der Waals surface area contributed by atoms with Gasteiger partial charge in [-0.1, -0.05) is 17.7 Å². The second-order valence-electron chi connectivity index (χ2n) is 7.30. The van der Waals surface area contributed by atoms with E-state index in [0.29, 0.717) is 25.1 Å². The van der Waals surface area contributed by atoms with Crippen molar-refractivity contribution in [2.24, 2.45) is 0 Å². The molecule has 1 N–H and O–H groups in total. The maximum absolute atomic E-state index is 12.7. The van der Waals surface area contributed by atoms with Gasteiger partial charge in [0, 0.05) is 37.3 Å². The Bertz CT molecular complexity index is 835. The van der Waals surface area contributed by atoms with Crippen molar-refractivity contribution in [2.45, 2.75) is 52.9 Å². The van der Waals surface area contributed by atoms with Crippen molar-refractivity contribution in [1.82, 2.24) is 20.0 Å². The summed E-state index contributed by atoms with van der Waals surface area (Å²) in [6.45, 7) is 7.95. The van der Waals surface area contributed by atoms with E-state index >= 15 is 0 Å². The van der Waals surface area contributed by atoms with Gasteiger partial charge in [0.05, 0.1) is 5.69 Å². The van der Waals surface area contributed by atoms with Crippen LogP contribution in [0.25, 0.3) is 5.69 Å². The molecule has 0 bridgehead atoms. The van der Waals surface area contributed by atoms with Crippen molar-refractivity contribution in [3.8, 4) is 5.69 Å². The van der Waals surface area contributed by atoms with Crippen LogP contribution >= 0.6 is 0 Å². The van der Waals surface area contributed by atoms with E-state index in [9.17, 15) is 9.59 Å². The minimum Gasteiger partial charge on any atom is -0.351 e. The molecule has 0 saturated heterocycles. The standard InChI is InChI=1S/C22H30N4O2/c1-4-25(5-2)20(27)10-7-15-23-22(28)21-18-8-6-9-19(18)26(24-21)17-13-11-16(3)12-14-17/h11-14H,4-10,15H2,1-3H3,(H,23,28). The maximum atomic E-state index is 12.7. The molecule has 1 aromatic carbocycles. The van der Waals surface area contributed by atoms with E-state index in [-0.39, 0.29) is 11.8 Å². The summed E-state index contributed by atoms with van der Waals surface area (Å²) in [6, 6.07) is 8.21. The largest absolute Gasteiger partial charge is 0.351 e. The second kappa shape index (κ2) is 9.04. The van der Waals surface area contributed by atoms with Crippen LogP contribution in [0.2, 0.25) is 0 Å². The molecule has 150 valence electrons. The number of aryl methyl sites for hydroxylation is 1. The smallest absolute Gasteiger partial charge is 0.272 e. The van der Waals surface area contributed by atoms with Crippen molar-refractivity contribution in [1.29, 1.82) is 0 Å². The van der Waals surface area contributed by atoms with Gasteiger partial charge >= 0.3 is 0 Å². The maximum Gasteiger partial charge on any atom is 0.272 e. The fourth-order valence-corrected chi connectivity index (χ4v) is 3.78. The fraction of sp³-hybridized carbons (Fsp3) is 0.500. The van der Waals surface area contributed by atoms with Crippen LogP contribution in [0.3, 0.4) is 0 Å². The molecule has 2 amide bonds. The monoisotopic (exact) mass is 382 g/mol. The highest BCUT2D eigenvalue weighted by Gasteiger charge is 2.26. The molecule has 1 heterocycles. The summed E-state index contributed by atoms with van der Waals surface area (Å²) in [6.07, 6.45) is 3.99. The molecule has 1 aliphatic carbocycles. The Kier molecular flexibility index (Phi) is 6.49. The summed E-state index contributed by atoms with van der Waals surface area (Å²) in [7, 11) is 0. The summed E-state index contributed by atoms with van der Waals surface area (Å²) in [5.41, 5.74) is 4.93. The predicted molar refractivity (Wildman–Crippen MR) is 110 cm³/mol. The Balaban J connectivity index is 1.64. The molecule has 1 aromatic heterocycles. The van der Waals surface area contributed by atoms with Crippen LogP contribution in [-0.4, -0.2) is 46.1 Å². The number of amides is 2. The Hall–Kier alpha value is -2.63. The van der Waals surface area contributed by atoms with Gasteiger partial charge in [-0.2, -0.15) is 5.10 Å². The molecule has 6 heteroatoms. The molecule has 0 fully saturated rings. The van der Waals surface area contributed by atoms with E-state index in [1.807, 2.05) is 35.6 Å². The van der Waals surface area contributed by atoms with Crippen LogP contribution in [0, 0.1) is 6.92 Å². The molecule has 0 unspecified atom stereocenters. The van der Waals surface area contributed by atoms with Gasteiger partial charge in [-0.15, -0.1) is 0 Å². The normalized spacial score (nSPS) is 12.7. The third-order valence-corrected chi connectivity index (χ3v) is 5.39. The van der Waals surface area contributed by atoms with Gasteiger partial charge in [0.2, 0.25) is 5.91 Å². The first-order chi connectivity index (χ1) is 13.5. The first-order valence-corrected chi connectivity index (χ1v) is 10.3. The number of carbonyl (C=O) groups is 2. The van der Waals surface area contributed by atoms with Crippen molar-refractivity contribution in [3.05, 3.63) is 46.8 Å². The highest BCUT2D eigenvalue weighted by atomic mass is 16.2. The average Bonchev–Trinajstić information content (AvgIpc) is 3.29. The minimum absolute atomic E-state index is 0.140. The number of nitrogens with zero attached hydrogens (tertiary/aromatic N) is 3. The fourth-order valence-electron chi connectivity index (χ4n) is 3.78. The summed E-state index contributed by atoms with van der Waals surface area (Å²) >= 11 is 0. The number of rotatable bonds is 8. The summed E-state index contributed by atoms with van der Waals surface area (Å²) in [4.78, 5) is 26.6. The SMILES string of the molecule is CCN(CC)C(=O)CCCNC(=O)c1nn(-c2ccc(C)cc2)c2c1CCC2. The van der Waals surface area contributed by atoms with Crippen molar-refractivity contribution in [2.75, 3.05) is 19.6 Å². The van der Waals surface area contributed by atoms with Gasteiger partial charge in [0.25, 0.3) is 5.91 Å².